The summed E-state index contributed by atoms with van der Waals surface area (Å²) in [6.45, 7) is 4.86. The van der Waals surface area contributed by atoms with Crippen molar-refractivity contribution in [3.63, 3.8) is 0 Å². The minimum atomic E-state index is -4.62. The molecule has 0 bridgehead atoms. The number of benzene rings is 2. The molecule has 1 N–H and O–H groups in total. The molecule has 4 nitrogen and oxygen atoms in total. The number of nitrogens with one attached hydrogen (secondary N) is 1. The van der Waals surface area contributed by atoms with Crippen molar-refractivity contribution in [2.45, 2.75) is 20.0 Å². The number of rotatable bonds is 5. The van der Waals surface area contributed by atoms with Gasteiger partial charge in [0.25, 0.3) is 11.8 Å². The Labute approximate surface area is 159 Å². The molecule has 0 aliphatic carbocycles. The first-order valence-corrected chi connectivity index (χ1v) is 8.62. The normalized spacial score (nSPS) is 11.2. The summed E-state index contributed by atoms with van der Waals surface area (Å²) in [5, 5.41) is 1.95. The third kappa shape index (κ3) is 5.01. The highest BCUT2D eigenvalue weighted by molar-refractivity contribution is 6.31. The van der Waals surface area contributed by atoms with Gasteiger partial charge in [-0.3, -0.25) is 9.59 Å². The summed E-state index contributed by atoms with van der Waals surface area (Å²) < 4.78 is 38.7. The van der Waals surface area contributed by atoms with Gasteiger partial charge in [0.05, 0.1) is 10.6 Å². The molecule has 0 aliphatic heterocycles. The van der Waals surface area contributed by atoms with Crippen LogP contribution in [0.1, 0.15) is 40.1 Å². The lowest BCUT2D eigenvalue weighted by Gasteiger charge is -2.18. The van der Waals surface area contributed by atoms with Gasteiger partial charge in [-0.15, -0.1) is 0 Å². The second kappa shape index (κ2) is 8.43. The highest BCUT2D eigenvalue weighted by atomic mass is 35.5. The van der Waals surface area contributed by atoms with Crippen molar-refractivity contribution in [3.05, 3.63) is 64.2 Å². The van der Waals surface area contributed by atoms with Crippen LogP contribution in [0.5, 0.6) is 0 Å². The van der Waals surface area contributed by atoms with E-state index in [1.165, 1.54) is 30.3 Å². The molecule has 0 saturated heterocycles. The van der Waals surface area contributed by atoms with Crippen molar-refractivity contribution < 1.29 is 22.8 Å². The Bertz CT molecular complexity index is 832. The number of carbonyl (C=O) groups excluding carboxylic acids is 2. The quantitative estimate of drug-likeness (QED) is 0.762. The summed E-state index contributed by atoms with van der Waals surface area (Å²) in [7, 11) is 0. The van der Waals surface area contributed by atoms with E-state index in [9.17, 15) is 22.8 Å². The van der Waals surface area contributed by atoms with E-state index in [2.05, 4.69) is 5.32 Å². The fraction of sp³-hybridized carbons (Fsp3) is 0.263. The molecule has 2 aromatic rings. The van der Waals surface area contributed by atoms with Gasteiger partial charge in [-0.2, -0.15) is 13.2 Å². The van der Waals surface area contributed by atoms with Gasteiger partial charge in [0.15, 0.2) is 0 Å². The number of halogens is 4. The van der Waals surface area contributed by atoms with E-state index in [0.717, 1.165) is 12.1 Å². The predicted octanol–water partition coefficient (Wildman–Crippen LogP) is 5.09. The largest absolute Gasteiger partial charge is 0.417 e. The van der Waals surface area contributed by atoms with Crippen LogP contribution in [0.2, 0.25) is 5.02 Å². The zero-order valence-electron chi connectivity index (χ0n) is 14.7. The van der Waals surface area contributed by atoms with Crippen LogP contribution in [0.3, 0.4) is 0 Å². The van der Waals surface area contributed by atoms with E-state index in [1.807, 2.05) is 13.8 Å². The van der Waals surface area contributed by atoms with Gasteiger partial charge in [-0.05, 0) is 56.3 Å². The molecule has 0 heterocycles. The van der Waals surface area contributed by atoms with E-state index in [-0.39, 0.29) is 17.2 Å². The first-order valence-electron chi connectivity index (χ1n) is 8.24. The number of nitrogens with zero attached hydrogens (tertiary/aromatic N) is 1. The standard InChI is InChI=1S/C19H18ClF3N2O2/c1-3-25(4-2)18(27)13-7-5-12(6-8-13)17(26)24-14-9-10-16(20)15(11-14)19(21,22)23/h5-11H,3-4H2,1-2H3,(H,24,26). The van der Waals surface area contributed by atoms with Crippen LogP contribution >= 0.6 is 11.6 Å². The summed E-state index contributed by atoms with van der Waals surface area (Å²) >= 11 is 5.56. The minimum absolute atomic E-state index is 0.0278. The fourth-order valence-corrected chi connectivity index (χ4v) is 2.71. The maximum absolute atomic E-state index is 12.9. The number of hydrogen-bond donors (Lipinski definition) is 1. The maximum atomic E-state index is 12.9. The lowest BCUT2D eigenvalue weighted by atomic mass is 10.1. The molecule has 0 radical (unpaired) electrons. The molecular weight excluding hydrogens is 381 g/mol. The average molecular weight is 399 g/mol. The molecule has 0 unspecified atom stereocenters. The first kappa shape index (κ1) is 20.8. The van der Waals surface area contributed by atoms with Gasteiger partial charge >= 0.3 is 6.18 Å². The molecule has 0 spiro atoms. The molecule has 0 aliphatic rings. The van der Waals surface area contributed by atoms with E-state index in [1.54, 1.807) is 4.90 Å². The van der Waals surface area contributed by atoms with Gasteiger partial charge in [0, 0.05) is 29.9 Å². The molecule has 0 aromatic heterocycles. The van der Waals surface area contributed by atoms with Gasteiger partial charge < -0.3 is 10.2 Å². The van der Waals surface area contributed by atoms with E-state index >= 15 is 0 Å². The molecule has 2 amide bonds. The van der Waals surface area contributed by atoms with Gasteiger partial charge in [0.2, 0.25) is 0 Å². The Morgan fingerprint density at radius 3 is 2.07 bits per heavy atom. The Morgan fingerprint density at radius 1 is 1.00 bits per heavy atom. The number of alkyl halides is 3. The fourth-order valence-electron chi connectivity index (χ4n) is 2.48. The summed E-state index contributed by atoms with van der Waals surface area (Å²) in [4.78, 5) is 26.2. The van der Waals surface area contributed by atoms with Crippen molar-refractivity contribution >= 4 is 29.1 Å². The highest BCUT2D eigenvalue weighted by Crippen LogP contribution is 2.36. The van der Waals surface area contributed by atoms with Crippen molar-refractivity contribution in [1.29, 1.82) is 0 Å². The third-order valence-electron chi connectivity index (χ3n) is 3.97. The highest BCUT2D eigenvalue weighted by Gasteiger charge is 2.33. The van der Waals surface area contributed by atoms with E-state index < -0.39 is 22.7 Å². The topological polar surface area (TPSA) is 49.4 Å². The molecule has 144 valence electrons. The number of anilines is 1. The number of amides is 2. The van der Waals surface area contributed by atoms with Crippen LogP contribution in [-0.4, -0.2) is 29.8 Å². The lowest BCUT2D eigenvalue weighted by Crippen LogP contribution is -2.30. The monoisotopic (exact) mass is 398 g/mol. The number of hydrogen-bond acceptors (Lipinski definition) is 2. The maximum Gasteiger partial charge on any atom is 0.417 e. The van der Waals surface area contributed by atoms with E-state index in [4.69, 9.17) is 11.6 Å². The van der Waals surface area contributed by atoms with E-state index in [0.29, 0.717) is 18.7 Å². The van der Waals surface area contributed by atoms with Gasteiger partial charge in [-0.25, -0.2) is 0 Å². The smallest absolute Gasteiger partial charge is 0.339 e. The van der Waals surface area contributed by atoms with Crippen molar-refractivity contribution in [2.24, 2.45) is 0 Å². The van der Waals surface area contributed by atoms with Gasteiger partial charge in [0.1, 0.15) is 0 Å². The Hall–Kier alpha value is -2.54. The SMILES string of the molecule is CCN(CC)C(=O)c1ccc(C(=O)Nc2ccc(Cl)c(C(F)(F)F)c2)cc1. The van der Waals surface area contributed by atoms with Crippen LogP contribution in [0.15, 0.2) is 42.5 Å². The Balaban J connectivity index is 2.16. The zero-order valence-corrected chi connectivity index (χ0v) is 15.5. The molecule has 0 fully saturated rings. The Morgan fingerprint density at radius 2 is 1.56 bits per heavy atom. The van der Waals surface area contributed by atoms with Crippen molar-refractivity contribution in [3.8, 4) is 0 Å². The van der Waals surface area contributed by atoms with Crippen molar-refractivity contribution in [1.82, 2.24) is 4.90 Å². The first-order chi connectivity index (χ1) is 12.7. The minimum Gasteiger partial charge on any atom is -0.339 e. The number of carbonyl (C=O) groups is 2. The van der Waals surface area contributed by atoms with Crippen LogP contribution in [0.4, 0.5) is 18.9 Å². The van der Waals surface area contributed by atoms with Crippen LogP contribution in [-0.2, 0) is 6.18 Å². The molecule has 27 heavy (non-hydrogen) atoms. The summed E-state index contributed by atoms with van der Waals surface area (Å²) in [6.07, 6.45) is -4.62. The van der Waals surface area contributed by atoms with Crippen LogP contribution < -0.4 is 5.32 Å². The summed E-state index contributed by atoms with van der Waals surface area (Å²) in [6, 6.07) is 9.06. The summed E-state index contributed by atoms with van der Waals surface area (Å²) in [5.41, 5.74) is -0.405. The zero-order chi connectivity index (χ0) is 20.2. The lowest BCUT2D eigenvalue weighted by molar-refractivity contribution is -0.137. The molecule has 2 rings (SSSR count). The summed E-state index contributed by atoms with van der Waals surface area (Å²) in [5.74, 6) is -0.744. The second-order valence-corrected chi connectivity index (χ2v) is 6.11. The molecule has 0 atom stereocenters. The Kier molecular flexibility index (Phi) is 6.49. The van der Waals surface area contributed by atoms with Crippen molar-refractivity contribution in [2.75, 3.05) is 18.4 Å². The van der Waals surface area contributed by atoms with Crippen LogP contribution in [0, 0.1) is 0 Å². The predicted molar refractivity (Wildman–Crippen MR) is 98.1 cm³/mol. The second-order valence-electron chi connectivity index (χ2n) is 5.70. The van der Waals surface area contributed by atoms with Gasteiger partial charge in [-0.1, -0.05) is 11.6 Å². The molecule has 0 saturated carbocycles. The molecular formula is C19H18ClF3N2O2. The molecule has 8 heteroatoms. The van der Waals surface area contributed by atoms with Crippen LogP contribution in [0.25, 0.3) is 0 Å². The third-order valence-corrected chi connectivity index (χ3v) is 4.30. The molecule has 2 aromatic carbocycles. The average Bonchev–Trinajstić information content (AvgIpc) is 2.63.